The van der Waals surface area contributed by atoms with Crippen molar-refractivity contribution in [3.8, 4) is 0 Å². The molecule has 4 nitrogen and oxygen atoms in total. The van der Waals surface area contributed by atoms with Crippen molar-refractivity contribution >= 4 is 10.0 Å². The van der Waals surface area contributed by atoms with E-state index < -0.39 is 10.0 Å². The minimum Gasteiger partial charge on any atom is -0.396 e. The molecule has 0 fully saturated rings. The van der Waals surface area contributed by atoms with Crippen molar-refractivity contribution in [2.45, 2.75) is 25.7 Å². The van der Waals surface area contributed by atoms with E-state index in [1.165, 1.54) is 6.08 Å². The van der Waals surface area contributed by atoms with E-state index in [9.17, 15) is 8.42 Å². The second kappa shape index (κ2) is 7.96. The molecule has 5 heteroatoms. The molecule has 0 saturated carbocycles. The standard InChI is InChI=1S/C9H19NO3S/c1-2-9-14(12,13)10-7-5-3-4-6-8-11/h2,10-11H,1,3-9H2. The van der Waals surface area contributed by atoms with Crippen molar-refractivity contribution < 1.29 is 13.5 Å². The summed E-state index contributed by atoms with van der Waals surface area (Å²) in [5.41, 5.74) is 0. The fourth-order valence-electron chi connectivity index (χ4n) is 1.03. The topological polar surface area (TPSA) is 66.4 Å². The molecule has 0 saturated heterocycles. The summed E-state index contributed by atoms with van der Waals surface area (Å²) in [7, 11) is -3.14. The third kappa shape index (κ3) is 8.22. The van der Waals surface area contributed by atoms with E-state index in [1.54, 1.807) is 0 Å². The lowest BCUT2D eigenvalue weighted by molar-refractivity contribution is 0.282. The molecule has 0 aliphatic carbocycles. The zero-order chi connectivity index (χ0) is 10.9. The van der Waals surface area contributed by atoms with Crippen molar-refractivity contribution in [1.29, 1.82) is 0 Å². The normalized spacial score (nSPS) is 11.5. The number of rotatable bonds is 9. The molecule has 0 bridgehead atoms. The fourth-order valence-corrected chi connectivity index (χ4v) is 1.92. The van der Waals surface area contributed by atoms with E-state index in [0.717, 1.165) is 25.7 Å². The van der Waals surface area contributed by atoms with Crippen LogP contribution in [0.5, 0.6) is 0 Å². The smallest absolute Gasteiger partial charge is 0.215 e. The van der Waals surface area contributed by atoms with Gasteiger partial charge in [0.05, 0.1) is 5.75 Å². The molecule has 14 heavy (non-hydrogen) atoms. The van der Waals surface area contributed by atoms with E-state index in [1.807, 2.05) is 0 Å². The van der Waals surface area contributed by atoms with Crippen LogP contribution in [0.15, 0.2) is 12.7 Å². The van der Waals surface area contributed by atoms with Gasteiger partial charge < -0.3 is 5.11 Å². The second-order valence-corrected chi connectivity index (χ2v) is 4.95. The molecule has 0 aromatic rings. The summed E-state index contributed by atoms with van der Waals surface area (Å²) in [6.07, 6.45) is 4.86. The largest absolute Gasteiger partial charge is 0.396 e. The van der Waals surface area contributed by atoms with Crippen LogP contribution in [0.25, 0.3) is 0 Å². The van der Waals surface area contributed by atoms with Crippen molar-refractivity contribution in [2.75, 3.05) is 18.9 Å². The van der Waals surface area contributed by atoms with Crippen LogP contribution in [0.3, 0.4) is 0 Å². The molecule has 0 aromatic heterocycles. The number of aliphatic hydroxyl groups is 1. The zero-order valence-electron chi connectivity index (χ0n) is 8.41. The Kier molecular flexibility index (Phi) is 7.74. The monoisotopic (exact) mass is 221 g/mol. The molecule has 0 aliphatic rings. The van der Waals surface area contributed by atoms with Crippen molar-refractivity contribution in [3.05, 3.63) is 12.7 Å². The first-order valence-electron chi connectivity index (χ1n) is 4.81. The van der Waals surface area contributed by atoms with Crippen LogP contribution in [-0.2, 0) is 10.0 Å². The van der Waals surface area contributed by atoms with Crippen LogP contribution in [0.4, 0.5) is 0 Å². The van der Waals surface area contributed by atoms with Gasteiger partial charge in [-0.1, -0.05) is 18.9 Å². The van der Waals surface area contributed by atoms with Crippen molar-refractivity contribution in [1.82, 2.24) is 4.72 Å². The van der Waals surface area contributed by atoms with E-state index in [4.69, 9.17) is 5.11 Å². The number of hydrogen-bond donors (Lipinski definition) is 2. The first kappa shape index (κ1) is 13.6. The van der Waals surface area contributed by atoms with E-state index in [2.05, 4.69) is 11.3 Å². The van der Waals surface area contributed by atoms with E-state index in [0.29, 0.717) is 6.54 Å². The summed E-state index contributed by atoms with van der Waals surface area (Å²) < 4.78 is 24.7. The summed E-state index contributed by atoms with van der Waals surface area (Å²) in [5.74, 6) is -0.0242. The summed E-state index contributed by atoms with van der Waals surface area (Å²) in [6.45, 7) is 4.05. The summed E-state index contributed by atoms with van der Waals surface area (Å²) in [5, 5.41) is 8.50. The third-order valence-corrected chi connectivity index (χ3v) is 3.06. The van der Waals surface area contributed by atoms with E-state index in [-0.39, 0.29) is 12.4 Å². The molecular formula is C9H19NO3S. The summed E-state index contributed by atoms with van der Waals surface area (Å²) in [4.78, 5) is 0. The minimum absolute atomic E-state index is 0.0242. The van der Waals surface area contributed by atoms with Gasteiger partial charge in [0.15, 0.2) is 0 Å². The zero-order valence-corrected chi connectivity index (χ0v) is 9.22. The van der Waals surface area contributed by atoms with Crippen LogP contribution in [-0.4, -0.2) is 32.4 Å². The molecule has 0 aromatic carbocycles. The van der Waals surface area contributed by atoms with Gasteiger partial charge in [-0.2, -0.15) is 0 Å². The number of unbranched alkanes of at least 4 members (excludes halogenated alkanes) is 3. The van der Waals surface area contributed by atoms with Crippen LogP contribution in [0, 0.1) is 0 Å². The number of nitrogens with one attached hydrogen (secondary N) is 1. The van der Waals surface area contributed by atoms with Gasteiger partial charge in [0.25, 0.3) is 0 Å². The third-order valence-electron chi connectivity index (χ3n) is 1.74. The van der Waals surface area contributed by atoms with Gasteiger partial charge in [-0.3, -0.25) is 0 Å². The molecule has 0 spiro atoms. The molecule has 0 heterocycles. The predicted octanol–water partition coefficient (Wildman–Crippen LogP) is 0.644. The Morgan fingerprint density at radius 3 is 2.43 bits per heavy atom. The maximum absolute atomic E-state index is 11.1. The second-order valence-electron chi connectivity index (χ2n) is 3.10. The highest BCUT2D eigenvalue weighted by atomic mass is 32.2. The highest BCUT2D eigenvalue weighted by molar-refractivity contribution is 7.89. The Hall–Kier alpha value is -0.390. The molecule has 0 radical (unpaired) electrons. The molecule has 0 unspecified atom stereocenters. The average molecular weight is 221 g/mol. The molecule has 0 aliphatic heterocycles. The Labute approximate surface area is 86.1 Å². The maximum atomic E-state index is 11.1. The molecule has 0 rings (SSSR count). The Balaban J connectivity index is 3.40. The lowest BCUT2D eigenvalue weighted by Crippen LogP contribution is -2.26. The Morgan fingerprint density at radius 2 is 1.86 bits per heavy atom. The van der Waals surface area contributed by atoms with Crippen LogP contribution < -0.4 is 4.72 Å². The van der Waals surface area contributed by atoms with Crippen molar-refractivity contribution in [2.24, 2.45) is 0 Å². The highest BCUT2D eigenvalue weighted by Crippen LogP contribution is 1.98. The van der Waals surface area contributed by atoms with Crippen LogP contribution in [0.1, 0.15) is 25.7 Å². The van der Waals surface area contributed by atoms with E-state index >= 15 is 0 Å². The SMILES string of the molecule is C=CCS(=O)(=O)NCCCCCCO. The molecule has 84 valence electrons. The fraction of sp³-hybridized carbons (Fsp3) is 0.778. The maximum Gasteiger partial charge on any atom is 0.215 e. The van der Waals surface area contributed by atoms with Crippen LogP contribution in [0.2, 0.25) is 0 Å². The summed E-state index contributed by atoms with van der Waals surface area (Å²) >= 11 is 0. The Morgan fingerprint density at radius 1 is 1.21 bits per heavy atom. The van der Waals surface area contributed by atoms with Gasteiger partial charge in [-0.15, -0.1) is 6.58 Å². The first-order valence-corrected chi connectivity index (χ1v) is 6.46. The van der Waals surface area contributed by atoms with Crippen LogP contribution >= 0.6 is 0 Å². The van der Waals surface area contributed by atoms with Gasteiger partial charge in [-0.05, 0) is 12.8 Å². The highest BCUT2D eigenvalue weighted by Gasteiger charge is 2.04. The minimum atomic E-state index is -3.14. The number of aliphatic hydroxyl groups excluding tert-OH is 1. The summed E-state index contributed by atoms with van der Waals surface area (Å²) in [6, 6.07) is 0. The Bertz CT molecular complexity index is 236. The molecular weight excluding hydrogens is 202 g/mol. The van der Waals surface area contributed by atoms with Gasteiger partial charge >= 0.3 is 0 Å². The van der Waals surface area contributed by atoms with Gasteiger partial charge in [0, 0.05) is 13.2 Å². The quantitative estimate of drug-likeness (QED) is 0.443. The molecule has 2 N–H and O–H groups in total. The van der Waals surface area contributed by atoms with Gasteiger partial charge in [0.2, 0.25) is 10.0 Å². The number of hydrogen-bond acceptors (Lipinski definition) is 3. The van der Waals surface area contributed by atoms with Gasteiger partial charge in [0.1, 0.15) is 0 Å². The molecule has 0 amide bonds. The predicted molar refractivity (Wildman–Crippen MR) is 57.5 cm³/mol. The van der Waals surface area contributed by atoms with Gasteiger partial charge in [-0.25, -0.2) is 13.1 Å². The van der Waals surface area contributed by atoms with Crippen molar-refractivity contribution in [3.63, 3.8) is 0 Å². The lowest BCUT2D eigenvalue weighted by atomic mass is 10.2. The lowest BCUT2D eigenvalue weighted by Gasteiger charge is -2.03. The number of sulfonamides is 1. The first-order chi connectivity index (χ1) is 6.62. The average Bonchev–Trinajstić information content (AvgIpc) is 2.11. The molecule has 0 atom stereocenters.